The summed E-state index contributed by atoms with van der Waals surface area (Å²) in [4.78, 5) is 15.3. The number of hydrogen-bond acceptors (Lipinski definition) is 5. The third kappa shape index (κ3) is 3.61. The van der Waals surface area contributed by atoms with Crippen LogP contribution >= 0.6 is 11.8 Å². The maximum Gasteiger partial charge on any atom is 0.289 e. The van der Waals surface area contributed by atoms with Crippen molar-refractivity contribution in [3.05, 3.63) is 17.2 Å². The van der Waals surface area contributed by atoms with Crippen molar-refractivity contribution in [2.24, 2.45) is 23.2 Å². The molecule has 27 heavy (non-hydrogen) atoms. The molecule has 0 radical (unpaired) electrons. The summed E-state index contributed by atoms with van der Waals surface area (Å²) in [5.74, 6) is 3.04. The molecule has 140 valence electrons. The van der Waals surface area contributed by atoms with Gasteiger partial charge in [-0.25, -0.2) is 4.98 Å². The zero-order valence-corrected chi connectivity index (χ0v) is 16.1. The number of nitrogens with zero attached hydrogens (tertiary/aromatic N) is 2. The molecule has 5 rings (SSSR count). The molecule has 4 bridgehead atoms. The van der Waals surface area contributed by atoms with E-state index in [0.717, 1.165) is 24.3 Å². The van der Waals surface area contributed by atoms with E-state index in [0.29, 0.717) is 16.0 Å². The van der Waals surface area contributed by atoms with E-state index in [4.69, 9.17) is 11.0 Å². The van der Waals surface area contributed by atoms with Gasteiger partial charge < -0.3 is 5.32 Å². The Morgan fingerprint density at radius 1 is 1.19 bits per heavy atom. The van der Waals surface area contributed by atoms with Gasteiger partial charge in [-0.05, 0) is 67.8 Å². The lowest BCUT2D eigenvalue weighted by atomic mass is 9.49. The third-order valence-corrected chi connectivity index (χ3v) is 7.50. The molecule has 1 aromatic heterocycles. The van der Waals surface area contributed by atoms with E-state index in [1.54, 1.807) is 0 Å². The molecule has 0 saturated heterocycles. The van der Waals surface area contributed by atoms with Crippen molar-refractivity contribution in [2.45, 2.75) is 43.6 Å². The van der Waals surface area contributed by atoms with Gasteiger partial charge in [0.05, 0.1) is 5.75 Å². The fourth-order valence-electron chi connectivity index (χ4n) is 5.82. The minimum atomic E-state index is -0.0176. The Morgan fingerprint density at radius 3 is 2.33 bits per heavy atom. The van der Waals surface area contributed by atoms with Crippen molar-refractivity contribution in [1.82, 2.24) is 5.32 Å². The molecule has 0 spiro atoms. The first-order valence-electron chi connectivity index (χ1n) is 9.56. The number of nitrogens with one attached hydrogen (secondary N) is 2. The first kappa shape index (κ1) is 18.1. The number of aromatic nitrogens is 1. The minimum Gasteiger partial charge on any atom is -0.355 e. The van der Waals surface area contributed by atoms with Crippen LogP contribution in [0.2, 0.25) is 0 Å². The molecule has 7 heteroatoms. The van der Waals surface area contributed by atoms with Crippen molar-refractivity contribution in [2.75, 3.05) is 18.0 Å². The van der Waals surface area contributed by atoms with Gasteiger partial charge in [0, 0.05) is 6.54 Å². The zero-order chi connectivity index (χ0) is 19.0. The average Bonchev–Trinajstić information content (AvgIpc) is 2.63. The van der Waals surface area contributed by atoms with Crippen molar-refractivity contribution >= 4 is 23.5 Å². The third-order valence-electron chi connectivity index (χ3n) is 6.49. The number of nitriles is 2. The van der Waals surface area contributed by atoms with Gasteiger partial charge in [0.25, 0.3) is 5.82 Å². The molecule has 1 aromatic rings. The highest BCUT2D eigenvalue weighted by Gasteiger charge is 2.50. The monoisotopic (exact) mass is 382 g/mol. The minimum absolute atomic E-state index is 0.0176. The number of nitrogens with two attached hydrogens (primary N) is 1. The zero-order valence-electron chi connectivity index (χ0n) is 15.3. The Kier molecular flexibility index (Phi) is 4.74. The second-order valence-electron chi connectivity index (χ2n) is 8.55. The lowest BCUT2D eigenvalue weighted by Gasteiger charge is -2.56. The Labute approximate surface area is 163 Å². The molecule has 0 aromatic carbocycles. The summed E-state index contributed by atoms with van der Waals surface area (Å²) in [6.07, 6.45) is 8.00. The summed E-state index contributed by atoms with van der Waals surface area (Å²) < 4.78 is 0. The average molecular weight is 383 g/mol. The van der Waals surface area contributed by atoms with E-state index in [2.05, 4.69) is 16.4 Å². The number of nitrogen functional groups attached to an aromatic ring is 1. The van der Waals surface area contributed by atoms with Crippen molar-refractivity contribution in [3.63, 3.8) is 0 Å². The SMILES string of the molecule is N#Cc1cc(C#N)c(SCC(=O)NCC23CC4CC(CC(C4)C2)C3)[nH+]c1N. The van der Waals surface area contributed by atoms with Crippen LogP contribution in [0.25, 0.3) is 0 Å². The number of aromatic amines is 1. The van der Waals surface area contributed by atoms with Gasteiger partial charge in [-0.2, -0.15) is 10.5 Å². The molecule has 4 aliphatic rings. The first-order valence-corrected chi connectivity index (χ1v) is 10.5. The predicted molar refractivity (Wildman–Crippen MR) is 101 cm³/mol. The summed E-state index contributed by atoms with van der Waals surface area (Å²) in [5.41, 5.74) is 6.68. The number of anilines is 1. The summed E-state index contributed by atoms with van der Waals surface area (Å²) in [5, 5.41) is 21.9. The molecule has 4 N–H and O–H groups in total. The number of rotatable bonds is 5. The van der Waals surface area contributed by atoms with Crippen LogP contribution in [0.3, 0.4) is 0 Å². The summed E-state index contributed by atoms with van der Waals surface area (Å²) >= 11 is 1.25. The summed E-state index contributed by atoms with van der Waals surface area (Å²) in [6.45, 7) is 0.778. The highest BCUT2D eigenvalue weighted by Crippen LogP contribution is 2.59. The quantitative estimate of drug-likeness (QED) is 0.758. The number of pyridine rings is 1. The van der Waals surface area contributed by atoms with Gasteiger partial charge in [0.2, 0.25) is 5.91 Å². The molecule has 4 aliphatic carbocycles. The number of carbonyl (C=O) groups excluding carboxylic acids is 1. The van der Waals surface area contributed by atoms with Crippen LogP contribution in [0.5, 0.6) is 0 Å². The van der Waals surface area contributed by atoms with Crippen LogP contribution < -0.4 is 16.0 Å². The Morgan fingerprint density at radius 2 is 1.78 bits per heavy atom. The maximum absolute atomic E-state index is 12.4. The lowest BCUT2D eigenvalue weighted by Crippen LogP contribution is -2.51. The predicted octanol–water partition coefficient (Wildman–Crippen LogP) is 2.25. The fraction of sp³-hybridized carbons (Fsp3) is 0.600. The van der Waals surface area contributed by atoms with Gasteiger partial charge >= 0.3 is 0 Å². The van der Waals surface area contributed by atoms with E-state index in [1.807, 2.05) is 6.07 Å². The van der Waals surface area contributed by atoms with Crippen LogP contribution in [0, 0.1) is 45.8 Å². The molecule has 0 unspecified atom stereocenters. The Hall–Kier alpha value is -2.25. The van der Waals surface area contributed by atoms with Gasteiger partial charge in [-0.3, -0.25) is 10.5 Å². The second kappa shape index (κ2) is 7.05. The standard InChI is InChI=1S/C20H23N5OS/c21-8-15-4-16(9-22)19(25-18(15)23)27-10-17(26)24-11-20-5-12-1-13(6-20)3-14(2-12)7-20/h4,12-14H,1-3,5-7,10-11H2,(H2,23,25)(H,24,26)/p+1. The highest BCUT2D eigenvalue weighted by atomic mass is 32.2. The molecule has 6 nitrogen and oxygen atoms in total. The van der Waals surface area contributed by atoms with E-state index in [9.17, 15) is 10.1 Å². The van der Waals surface area contributed by atoms with Crippen molar-refractivity contribution < 1.29 is 9.78 Å². The first-order chi connectivity index (χ1) is 13.0. The van der Waals surface area contributed by atoms with Crippen LogP contribution in [-0.4, -0.2) is 18.2 Å². The molecular formula is C20H24N5OS+. The van der Waals surface area contributed by atoms with E-state index in [1.165, 1.54) is 56.4 Å². The van der Waals surface area contributed by atoms with Crippen LogP contribution in [0.15, 0.2) is 11.1 Å². The molecule has 1 amide bonds. The largest absolute Gasteiger partial charge is 0.355 e. The molecule has 4 fully saturated rings. The molecule has 1 heterocycles. The van der Waals surface area contributed by atoms with Crippen LogP contribution in [-0.2, 0) is 4.79 Å². The van der Waals surface area contributed by atoms with E-state index >= 15 is 0 Å². The topological polar surface area (TPSA) is 117 Å². The van der Waals surface area contributed by atoms with Crippen molar-refractivity contribution in [1.29, 1.82) is 10.5 Å². The highest BCUT2D eigenvalue weighted by molar-refractivity contribution is 7.99. The fourth-order valence-corrected chi connectivity index (χ4v) is 6.64. The lowest BCUT2D eigenvalue weighted by molar-refractivity contribution is -0.410. The van der Waals surface area contributed by atoms with Crippen molar-refractivity contribution in [3.8, 4) is 12.1 Å². The Bertz CT molecular complexity index is 818. The van der Waals surface area contributed by atoms with Gasteiger partial charge in [0.1, 0.15) is 23.3 Å². The number of amides is 1. The number of hydrogen-bond donors (Lipinski definition) is 2. The molecule has 0 atom stereocenters. The smallest absolute Gasteiger partial charge is 0.289 e. The summed E-state index contributed by atoms with van der Waals surface area (Å²) in [7, 11) is 0. The number of carbonyl (C=O) groups is 1. The molecule has 4 saturated carbocycles. The van der Waals surface area contributed by atoms with Crippen LogP contribution in [0.4, 0.5) is 5.82 Å². The molecular weight excluding hydrogens is 358 g/mol. The second-order valence-corrected chi connectivity index (χ2v) is 9.53. The Balaban J connectivity index is 1.34. The van der Waals surface area contributed by atoms with Crippen LogP contribution in [0.1, 0.15) is 49.7 Å². The number of H-pyrrole nitrogens is 1. The summed E-state index contributed by atoms with van der Waals surface area (Å²) in [6, 6.07) is 5.46. The maximum atomic E-state index is 12.4. The van der Waals surface area contributed by atoms with Gasteiger partial charge in [-0.15, -0.1) is 0 Å². The number of thioether (sulfide) groups is 1. The van der Waals surface area contributed by atoms with Gasteiger partial charge in [-0.1, -0.05) is 11.8 Å². The molecule has 0 aliphatic heterocycles. The van der Waals surface area contributed by atoms with E-state index < -0.39 is 0 Å². The normalized spacial score (nSPS) is 30.5. The van der Waals surface area contributed by atoms with Gasteiger partial charge in [0.15, 0.2) is 5.03 Å². The van der Waals surface area contributed by atoms with E-state index in [-0.39, 0.29) is 23.0 Å².